The van der Waals surface area contributed by atoms with Crippen LogP contribution in [0, 0.1) is 11.7 Å². The van der Waals surface area contributed by atoms with Gasteiger partial charge in [0.2, 0.25) is 0 Å². The third kappa shape index (κ3) is 2.97. The molecule has 1 saturated heterocycles. The van der Waals surface area contributed by atoms with Crippen LogP contribution < -0.4 is 5.32 Å². The van der Waals surface area contributed by atoms with Crippen molar-refractivity contribution in [3.8, 4) is 11.3 Å². The highest BCUT2D eigenvalue weighted by molar-refractivity contribution is 5.63. The van der Waals surface area contributed by atoms with Gasteiger partial charge in [-0.25, -0.2) is 9.37 Å². The smallest absolute Gasteiger partial charge is 0.155 e. The number of benzene rings is 1. The Morgan fingerprint density at radius 2 is 2.04 bits per heavy atom. The van der Waals surface area contributed by atoms with Crippen molar-refractivity contribution in [2.24, 2.45) is 5.92 Å². The molecule has 1 fully saturated rings. The summed E-state index contributed by atoms with van der Waals surface area (Å²) < 4.78 is 15.5. The molecule has 0 radical (unpaired) electrons. The fraction of sp³-hybridized carbons (Fsp3) is 0.333. The summed E-state index contributed by atoms with van der Waals surface area (Å²) in [5, 5.41) is 3.39. The van der Waals surface area contributed by atoms with Crippen molar-refractivity contribution in [2.45, 2.75) is 19.3 Å². The fourth-order valence-corrected chi connectivity index (χ4v) is 3.28. The SMILES string of the molecule is Fc1cccc(-c2cnc3cnc(CC4CCNCC4)cn23)c1. The number of piperidine rings is 1. The number of hydrogen-bond acceptors (Lipinski definition) is 3. The van der Waals surface area contributed by atoms with E-state index < -0.39 is 0 Å². The first-order chi connectivity index (χ1) is 11.3. The number of fused-ring (bicyclic) bond motifs is 1. The van der Waals surface area contributed by atoms with Gasteiger partial charge in [0.15, 0.2) is 5.65 Å². The lowest BCUT2D eigenvalue weighted by Gasteiger charge is -2.22. The maximum atomic E-state index is 13.5. The van der Waals surface area contributed by atoms with Gasteiger partial charge in [0.1, 0.15) is 5.82 Å². The van der Waals surface area contributed by atoms with Crippen molar-refractivity contribution in [3.63, 3.8) is 0 Å². The van der Waals surface area contributed by atoms with Crippen molar-refractivity contribution in [1.82, 2.24) is 19.7 Å². The Bertz CT molecular complexity index is 821. The van der Waals surface area contributed by atoms with Gasteiger partial charge in [0, 0.05) is 11.8 Å². The predicted octanol–water partition coefficient (Wildman–Crippen LogP) is 3.08. The second-order valence-electron chi connectivity index (χ2n) is 6.16. The molecule has 1 aliphatic heterocycles. The van der Waals surface area contributed by atoms with E-state index in [9.17, 15) is 4.39 Å². The van der Waals surface area contributed by atoms with Gasteiger partial charge in [-0.05, 0) is 50.4 Å². The molecule has 118 valence electrons. The minimum absolute atomic E-state index is 0.235. The van der Waals surface area contributed by atoms with Crippen LogP contribution in [0.4, 0.5) is 4.39 Å². The molecule has 1 N–H and O–H groups in total. The largest absolute Gasteiger partial charge is 0.317 e. The van der Waals surface area contributed by atoms with Crippen molar-refractivity contribution in [1.29, 1.82) is 0 Å². The third-order valence-electron chi connectivity index (χ3n) is 4.53. The number of rotatable bonds is 3. The Morgan fingerprint density at radius 1 is 1.17 bits per heavy atom. The molecule has 4 nitrogen and oxygen atoms in total. The summed E-state index contributed by atoms with van der Waals surface area (Å²) >= 11 is 0. The summed E-state index contributed by atoms with van der Waals surface area (Å²) in [5.41, 5.74) is 3.59. The molecular weight excluding hydrogens is 291 g/mol. The first kappa shape index (κ1) is 14.3. The molecule has 3 aromatic rings. The zero-order chi connectivity index (χ0) is 15.6. The van der Waals surface area contributed by atoms with E-state index in [-0.39, 0.29) is 5.82 Å². The Labute approximate surface area is 134 Å². The van der Waals surface area contributed by atoms with E-state index in [1.54, 1.807) is 18.5 Å². The van der Waals surface area contributed by atoms with E-state index in [0.717, 1.165) is 42.1 Å². The summed E-state index contributed by atoms with van der Waals surface area (Å²) in [4.78, 5) is 8.93. The molecule has 1 aliphatic rings. The number of imidazole rings is 1. The van der Waals surface area contributed by atoms with E-state index in [1.807, 2.05) is 16.7 Å². The molecule has 5 heteroatoms. The van der Waals surface area contributed by atoms with Crippen LogP contribution in [0.15, 0.2) is 42.9 Å². The highest BCUT2D eigenvalue weighted by atomic mass is 19.1. The molecule has 23 heavy (non-hydrogen) atoms. The predicted molar refractivity (Wildman–Crippen MR) is 87.7 cm³/mol. The third-order valence-corrected chi connectivity index (χ3v) is 4.53. The van der Waals surface area contributed by atoms with Crippen LogP contribution in [-0.4, -0.2) is 27.5 Å². The Morgan fingerprint density at radius 3 is 2.87 bits per heavy atom. The normalized spacial score (nSPS) is 16.0. The van der Waals surface area contributed by atoms with Crippen molar-refractivity contribution < 1.29 is 4.39 Å². The Kier molecular flexibility index (Phi) is 3.79. The van der Waals surface area contributed by atoms with Gasteiger partial charge in [-0.3, -0.25) is 9.38 Å². The summed E-state index contributed by atoms with van der Waals surface area (Å²) in [7, 11) is 0. The lowest BCUT2D eigenvalue weighted by atomic mass is 9.93. The zero-order valence-corrected chi connectivity index (χ0v) is 12.9. The zero-order valence-electron chi connectivity index (χ0n) is 12.9. The van der Waals surface area contributed by atoms with E-state index in [4.69, 9.17) is 0 Å². The van der Waals surface area contributed by atoms with Gasteiger partial charge in [-0.15, -0.1) is 0 Å². The number of nitrogens with one attached hydrogen (secondary N) is 1. The Balaban J connectivity index is 1.68. The molecule has 2 aromatic heterocycles. The Hall–Kier alpha value is -2.27. The van der Waals surface area contributed by atoms with Crippen molar-refractivity contribution in [3.05, 3.63) is 54.4 Å². The summed E-state index contributed by atoms with van der Waals surface area (Å²) in [6.07, 6.45) is 9.00. The first-order valence-electron chi connectivity index (χ1n) is 8.08. The second kappa shape index (κ2) is 6.08. The van der Waals surface area contributed by atoms with Gasteiger partial charge in [-0.2, -0.15) is 0 Å². The van der Waals surface area contributed by atoms with E-state index in [2.05, 4.69) is 15.3 Å². The van der Waals surface area contributed by atoms with Gasteiger partial charge in [0.05, 0.1) is 23.8 Å². The van der Waals surface area contributed by atoms with Gasteiger partial charge in [-0.1, -0.05) is 12.1 Å². The van der Waals surface area contributed by atoms with Crippen LogP contribution in [0.2, 0.25) is 0 Å². The minimum Gasteiger partial charge on any atom is -0.317 e. The molecule has 0 amide bonds. The van der Waals surface area contributed by atoms with Gasteiger partial charge < -0.3 is 5.32 Å². The summed E-state index contributed by atoms with van der Waals surface area (Å²) in [5.74, 6) is 0.448. The fourth-order valence-electron chi connectivity index (χ4n) is 3.28. The maximum Gasteiger partial charge on any atom is 0.155 e. The minimum atomic E-state index is -0.235. The quantitative estimate of drug-likeness (QED) is 0.808. The topological polar surface area (TPSA) is 42.2 Å². The molecule has 4 rings (SSSR count). The average Bonchev–Trinajstić information content (AvgIpc) is 2.99. The van der Waals surface area contributed by atoms with E-state index in [0.29, 0.717) is 5.92 Å². The van der Waals surface area contributed by atoms with E-state index >= 15 is 0 Å². The molecule has 0 unspecified atom stereocenters. The standard InChI is InChI=1S/C18H19FN4/c19-15-3-1-2-14(9-15)17-10-22-18-11-21-16(12-23(17)18)8-13-4-6-20-7-5-13/h1-3,9-13,20H,4-8H2. The lowest BCUT2D eigenvalue weighted by molar-refractivity contribution is 0.370. The maximum absolute atomic E-state index is 13.5. The number of hydrogen-bond donors (Lipinski definition) is 1. The number of aromatic nitrogens is 3. The van der Waals surface area contributed by atoms with Crippen LogP contribution >= 0.6 is 0 Å². The van der Waals surface area contributed by atoms with Crippen molar-refractivity contribution >= 4 is 5.65 Å². The molecule has 0 aliphatic carbocycles. The first-order valence-corrected chi connectivity index (χ1v) is 8.08. The average molecular weight is 310 g/mol. The number of halogens is 1. The van der Waals surface area contributed by atoms with Crippen LogP contribution in [0.3, 0.4) is 0 Å². The molecule has 0 bridgehead atoms. The number of nitrogens with zero attached hydrogens (tertiary/aromatic N) is 3. The van der Waals surface area contributed by atoms with Crippen LogP contribution in [0.1, 0.15) is 18.5 Å². The van der Waals surface area contributed by atoms with Crippen LogP contribution in [0.5, 0.6) is 0 Å². The van der Waals surface area contributed by atoms with Gasteiger partial charge >= 0.3 is 0 Å². The summed E-state index contributed by atoms with van der Waals surface area (Å²) in [6, 6.07) is 6.62. The molecule has 3 heterocycles. The summed E-state index contributed by atoms with van der Waals surface area (Å²) in [6.45, 7) is 2.18. The van der Waals surface area contributed by atoms with Crippen molar-refractivity contribution in [2.75, 3.05) is 13.1 Å². The molecule has 0 atom stereocenters. The van der Waals surface area contributed by atoms with E-state index in [1.165, 1.54) is 25.0 Å². The molecule has 0 spiro atoms. The molecule has 1 aromatic carbocycles. The van der Waals surface area contributed by atoms with Gasteiger partial charge in [0.25, 0.3) is 0 Å². The molecule has 0 saturated carbocycles. The molecular formula is C18H19FN4. The second-order valence-corrected chi connectivity index (χ2v) is 6.16. The highest BCUT2D eigenvalue weighted by Gasteiger charge is 2.15. The van der Waals surface area contributed by atoms with Crippen LogP contribution in [-0.2, 0) is 6.42 Å². The lowest BCUT2D eigenvalue weighted by Crippen LogP contribution is -2.28. The van der Waals surface area contributed by atoms with Crippen LogP contribution in [0.25, 0.3) is 16.9 Å². The monoisotopic (exact) mass is 310 g/mol. The highest BCUT2D eigenvalue weighted by Crippen LogP contribution is 2.23.